The number of aromatic amines is 1. The Kier molecular flexibility index (Phi) is 22.7. The molecule has 3 aromatic heterocycles. The lowest BCUT2D eigenvalue weighted by Crippen LogP contribution is -2.55. The quantitative estimate of drug-likeness (QED) is 0.154. The number of hydrogen-bond acceptors (Lipinski definition) is 12. The normalized spacial score (nSPS) is 44.5. The molecule has 0 unspecified atom stereocenters. The van der Waals surface area contributed by atoms with Crippen LogP contribution in [0.5, 0.6) is 0 Å². The average molecular weight is 1400 g/mol. The Labute approximate surface area is 591 Å². The molecule has 15 nitrogen and oxygen atoms in total. The molecule has 24 atom stereocenters. The highest BCUT2D eigenvalue weighted by Crippen LogP contribution is 2.72. The van der Waals surface area contributed by atoms with Crippen LogP contribution in [0.2, 0.25) is 0 Å². The summed E-state index contributed by atoms with van der Waals surface area (Å²) in [6.45, 7) is 21.5. The largest absolute Gasteiger partial charge is 0.390 e. The number of carbonyl (C=O) groups excluding carboxylic acids is 3. The summed E-state index contributed by atoms with van der Waals surface area (Å²) in [6, 6.07) is 11.0. The number of hydrogen-bond donors (Lipinski definition) is 4. The number of aromatic nitrogens is 6. The van der Waals surface area contributed by atoms with E-state index in [4.69, 9.17) is 15.8 Å². The van der Waals surface area contributed by atoms with Gasteiger partial charge in [-0.3, -0.25) is 28.8 Å². The maximum atomic E-state index is 13.3. The molecule has 0 aromatic carbocycles. The number of alkyl halides is 1. The van der Waals surface area contributed by atoms with E-state index in [1.807, 2.05) is 39.0 Å². The highest BCUT2D eigenvalue weighted by molar-refractivity contribution is 9.09. The molecule has 12 saturated carbocycles. The van der Waals surface area contributed by atoms with Gasteiger partial charge in [0.2, 0.25) is 0 Å². The number of nitriles is 3. The first kappa shape index (κ1) is 76.6. The molecule has 536 valence electrons. The van der Waals surface area contributed by atoms with Gasteiger partial charge in [-0.15, -0.1) is 0 Å². The molecule has 12 aliphatic rings. The molecule has 3 heterocycles. The Morgan fingerprint density at radius 3 is 1.06 bits per heavy atom. The smallest absolute Gasteiger partial charge is 0.162 e. The van der Waals surface area contributed by atoms with Crippen LogP contribution in [-0.4, -0.2) is 84.6 Å². The third kappa shape index (κ3) is 14.0. The summed E-state index contributed by atoms with van der Waals surface area (Å²) >= 11 is 3.43. The topological polar surface area (TPSA) is 248 Å². The summed E-state index contributed by atoms with van der Waals surface area (Å²) in [7, 11) is 0. The maximum Gasteiger partial charge on any atom is 0.162 e. The zero-order valence-electron chi connectivity index (χ0n) is 58.4. The first-order valence-electron chi connectivity index (χ1n) is 37.0. The van der Waals surface area contributed by atoms with Crippen molar-refractivity contribution in [3.63, 3.8) is 0 Å². The molecule has 97 heavy (non-hydrogen) atoms. The number of ketones is 3. The van der Waals surface area contributed by atoms with Gasteiger partial charge >= 0.3 is 0 Å². The fraction of sp³-hybridized carbons (Fsp3) is 0.815. The minimum atomic E-state index is -0.483. The lowest BCUT2D eigenvalue weighted by atomic mass is 9.44. The zero-order valence-corrected chi connectivity index (χ0v) is 59.9. The van der Waals surface area contributed by atoms with Crippen LogP contribution in [0.15, 0.2) is 36.8 Å². The summed E-state index contributed by atoms with van der Waals surface area (Å²) in [5.41, 5.74) is 1.43. The van der Waals surface area contributed by atoms with Crippen molar-refractivity contribution in [3.8, 4) is 18.2 Å². The van der Waals surface area contributed by atoms with E-state index in [2.05, 4.69) is 77.9 Å². The van der Waals surface area contributed by atoms with Gasteiger partial charge in [0, 0.05) is 30.1 Å². The van der Waals surface area contributed by atoms with Crippen LogP contribution in [0, 0.1) is 155 Å². The molecule has 3 aromatic rings. The van der Waals surface area contributed by atoms with E-state index in [-0.39, 0.29) is 69.4 Å². The molecular formula is C81H124BrN9O6. The van der Waals surface area contributed by atoms with E-state index in [1.165, 1.54) is 89.9 Å². The molecule has 4 N–H and O–H groups in total. The third-order valence-electron chi connectivity index (χ3n) is 30.9. The summed E-state index contributed by atoms with van der Waals surface area (Å²) in [4.78, 5) is 39.2. The van der Waals surface area contributed by atoms with Crippen molar-refractivity contribution in [2.24, 2.45) is 121 Å². The van der Waals surface area contributed by atoms with Gasteiger partial charge in [0.25, 0.3) is 0 Å². The predicted octanol–water partition coefficient (Wildman–Crippen LogP) is 17.0. The minimum absolute atomic E-state index is 0. The van der Waals surface area contributed by atoms with Crippen LogP contribution in [-0.2, 0) is 27.5 Å². The number of nitrogens with zero attached hydrogens (tertiary/aromatic N) is 8. The van der Waals surface area contributed by atoms with Gasteiger partial charge in [0.1, 0.15) is 29.7 Å². The second-order valence-corrected chi connectivity index (χ2v) is 36.3. The average Bonchev–Trinajstić information content (AvgIpc) is 1.71. The second kappa shape index (κ2) is 28.7. The molecule has 0 amide bonds. The molecule has 15 rings (SSSR count). The Morgan fingerprint density at radius 2 is 0.784 bits per heavy atom. The molecule has 0 spiro atoms. The van der Waals surface area contributed by atoms with E-state index in [9.17, 15) is 29.7 Å². The van der Waals surface area contributed by atoms with E-state index in [1.54, 1.807) is 46.2 Å². The number of Topliss-reactive ketones (excluding diaryl/α,β-unsaturated/α-hetero) is 3. The molecule has 0 aliphatic heterocycles. The molecule has 0 saturated heterocycles. The fourth-order valence-corrected chi connectivity index (χ4v) is 26.2. The highest BCUT2D eigenvalue weighted by atomic mass is 79.9. The molecule has 0 radical (unpaired) electrons. The van der Waals surface area contributed by atoms with Crippen molar-refractivity contribution in [1.82, 2.24) is 29.8 Å². The van der Waals surface area contributed by atoms with E-state index >= 15 is 0 Å². The van der Waals surface area contributed by atoms with Crippen molar-refractivity contribution in [3.05, 3.63) is 53.9 Å². The number of rotatable bonds is 8. The van der Waals surface area contributed by atoms with Crippen LogP contribution < -0.4 is 0 Å². The lowest BCUT2D eigenvalue weighted by molar-refractivity contribution is -0.151. The SMILES string of the molecule is C.C.C.C[C@@]1(O)CC[C@@]2(C)[C@H](CC[C@@H]3[C@@H]2CC[C@]2(C)[C@@H](C(=O)CBr)CC[C@@H]32)C1.C[C@@]1(O)CC[C@@]2(C)[C@H](CC[C@@H]3[C@@H]2CC[C@]2(C)[C@@H](C(=O)Cn4ccc(C#N)n4)CC[C@@H]32)C1.C[C@@]1(O)CC[C@@]2(C)[C@H](CC[C@@H]3[C@@H]2CC[C@]2(C)[C@H](C(=O)Cn4ccc(C#N)n4)CC[C@@H]32)C1.N#Cc1ccn[nH]1. The van der Waals surface area contributed by atoms with Gasteiger partial charge in [-0.25, -0.2) is 0 Å². The van der Waals surface area contributed by atoms with Crippen molar-refractivity contribution in [1.29, 1.82) is 15.8 Å². The number of nitrogens with one attached hydrogen (secondary N) is 1. The van der Waals surface area contributed by atoms with Gasteiger partial charge < -0.3 is 15.3 Å². The maximum absolute atomic E-state index is 13.3. The second-order valence-electron chi connectivity index (χ2n) is 35.7. The summed E-state index contributed by atoms with van der Waals surface area (Å²) in [5.74, 6) is 10.2. The van der Waals surface area contributed by atoms with Gasteiger partial charge in [0.05, 0.1) is 41.4 Å². The minimum Gasteiger partial charge on any atom is -0.390 e. The van der Waals surface area contributed by atoms with Crippen LogP contribution in [0.3, 0.4) is 0 Å². The number of halogens is 1. The van der Waals surface area contributed by atoms with Gasteiger partial charge in [-0.1, -0.05) is 79.8 Å². The highest BCUT2D eigenvalue weighted by Gasteiger charge is 2.65. The predicted molar refractivity (Wildman–Crippen MR) is 384 cm³/mol. The molecular weight excluding hydrogens is 1270 g/mol. The molecule has 16 heteroatoms. The molecule has 0 bridgehead atoms. The molecule has 12 fully saturated rings. The van der Waals surface area contributed by atoms with Crippen LogP contribution >= 0.6 is 15.9 Å². The molecule has 12 aliphatic carbocycles. The third-order valence-corrected chi connectivity index (χ3v) is 31.5. The summed E-state index contributed by atoms with van der Waals surface area (Å²) in [5, 5.41) is 73.1. The number of H-pyrrole nitrogens is 1. The Balaban J connectivity index is 0.000000160. The summed E-state index contributed by atoms with van der Waals surface area (Å²) in [6.07, 6.45) is 36.0. The fourth-order valence-electron chi connectivity index (χ4n) is 25.9. The van der Waals surface area contributed by atoms with Gasteiger partial charge in [-0.2, -0.15) is 31.1 Å². The number of fused-ring (bicyclic) bond motifs is 15. The summed E-state index contributed by atoms with van der Waals surface area (Å²) < 4.78 is 3.28. The van der Waals surface area contributed by atoms with E-state index in [0.717, 1.165) is 125 Å². The number of aliphatic hydroxyl groups is 3. The Hall–Kier alpha value is -4.53. The first-order chi connectivity index (χ1) is 44.5. The van der Waals surface area contributed by atoms with Crippen LogP contribution in [0.1, 0.15) is 275 Å². The van der Waals surface area contributed by atoms with Crippen molar-refractivity contribution in [2.45, 2.75) is 288 Å². The Bertz CT molecular complexity index is 3240. The van der Waals surface area contributed by atoms with Crippen molar-refractivity contribution < 1.29 is 29.7 Å². The van der Waals surface area contributed by atoms with Crippen molar-refractivity contribution in [2.75, 3.05) is 5.33 Å². The van der Waals surface area contributed by atoms with Crippen molar-refractivity contribution >= 4 is 33.3 Å². The van der Waals surface area contributed by atoms with Gasteiger partial charge in [-0.05, 0) is 316 Å². The monoisotopic (exact) mass is 1400 g/mol. The Morgan fingerprint density at radius 1 is 0.454 bits per heavy atom. The number of carbonyl (C=O) groups is 3. The first-order valence-corrected chi connectivity index (χ1v) is 38.2. The lowest BCUT2D eigenvalue weighted by Gasteiger charge is -2.61. The standard InChI is InChI=1S/2C26H37N3O2.C22H35BrO2.C4H3N3.3CH4/c2*1-24(31)11-12-25(2)17(14-24)4-5-19-20-6-7-22(26(20,3)10-8-21(19)25)23(30)16-29-13-9-18(15-27)28-29;1-20(25)10-11-21(2)14(12-20)4-5-15-16-6-7-18(19(24)13-23)22(16,3)9-8-17(15)21;5-3-4-1-2-6-7-4;;;/h2*9,13,17,19-22,31H,4-8,10-12,14,16H2,1-3H3;14-18,25H,4-13H2,1-3H3;1-2H,(H,6,7);3*1H4/t17-,19+,20+,21+,22+,24-,25+,26+;17-,19+,20+,21+,22-,24-,25+,26+;14-,15+,16+,17+,18-,20-,21+,22+;;;;/m111..../s1. The van der Waals surface area contributed by atoms with E-state index < -0.39 is 16.8 Å². The van der Waals surface area contributed by atoms with E-state index in [0.29, 0.717) is 85.6 Å². The van der Waals surface area contributed by atoms with Crippen LogP contribution in [0.4, 0.5) is 0 Å². The van der Waals surface area contributed by atoms with Crippen LogP contribution in [0.25, 0.3) is 0 Å². The van der Waals surface area contributed by atoms with Gasteiger partial charge in [0.15, 0.2) is 23.0 Å². The zero-order chi connectivity index (χ0) is 67.2.